The third kappa shape index (κ3) is 10.9. The molecular formula is C21H32O2. The summed E-state index contributed by atoms with van der Waals surface area (Å²) in [6, 6.07) is 10.3. The molecule has 1 rings (SSSR count). The number of carbonyl (C=O) groups is 1. The molecule has 0 unspecified atom stereocenters. The van der Waals surface area contributed by atoms with E-state index >= 15 is 0 Å². The fraction of sp³-hybridized carbons (Fsp3) is 0.571. The standard InChI is InChI=1S/C21H32O2/c1-18(11-9-17-21(2,3)23)10-7-15-20(22)16-8-14-19-12-5-4-6-13-19/h4-7,12-13,15,18,23H,8-11,14,16-17H2,1-3H3/t18-/m0/s1. The Balaban J connectivity index is 2.12. The molecule has 0 aliphatic carbocycles. The molecule has 0 heterocycles. The molecule has 0 saturated carbocycles. The highest BCUT2D eigenvalue weighted by atomic mass is 16.3. The van der Waals surface area contributed by atoms with Crippen molar-refractivity contribution in [1.82, 2.24) is 0 Å². The van der Waals surface area contributed by atoms with Crippen LogP contribution in [0.5, 0.6) is 0 Å². The van der Waals surface area contributed by atoms with Crippen molar-refractivity contribution in [3.05, 3.63) is 48.0 Å². The molecule has 1 N–H and O–H groups in total. The van der Waals surface area contributed by atoms with Crippen molar-refractivity contribution in [2.45, 2.75) is 71.3 Å². The van der Waals surface area contributed by atoms with Crippen molar-refractivity contribution >= 4 is 5.78 Å². The average Bonchev–Trinajstić information content (AvgIpc) is 2.47. The van der Waals surface area contributed by atoms with Crippen molar-refractivity contribution in [2.75, 3.05) is 0 Å². The molecule has 0 fully saturated rings. The van der Waals surface area contributed by atoms with Crippen molar-refractivity contribution < 1.29 is 9.90 Å². The van der Waals surface area contributed by atoms with Crippen molar-refractivity contribution in [1.29, 1.82) is 0 Å². The van der Waals surface area contributed by atoms with E-state index in [9.17, 15) is 9.90 Å². The van der Waals surface area contributed by atoms with Crippen LogP contribution < -0.4 is 0 Å². The van der Waals surface area contributed by atoms with Crippen LogP contribution >= 0.6 is 0 Å². The number of aliphatic hydroxyl groups is 1. The van der Waals surface area contributed by atoms with Gasteiger partial charge in [-0.05, 0) is 57.1 Å². The van der Waals surface area contributed by atoms with Crippen molar-refractivity contribution in [3.8, 4) is 0 Å². The van der Waals surface area contributed by atoms with Crippen LogP contribution in [-0.4, -0.2) is 16.5 Å². The SMILES string of the molecule is C[C@@H](CC=CC(=O)CCCc1ccccc1)CCCC(C)(C)O. The maximum Gasteiger partial charge on any atom is 0.155 e. The number of allylic oxidation sites excluding steroid dienone is 2. The lowest BCUT2D eigenvalue weighted by atomic mass is 9.95. The predicted octanol–water partition coefficient (Wildman–Crippen LogP) is 5.10. The van der Waals surface area contributed by atoms with Gasteiger partial charge in [0.1, 0.15) is 0 Å². The third-order valence-electron chi connectivity index (χ3n) is 4.06. The summed E-state index contributed by atoms with van der Waals surface area (Å²) >= 11 is 0. The van der Waals surface area contributed by atoms with Crippen LogP contribution in [0.25, 0.3) is 0 Å². The van der Waals surface area contributed by atoms with Crippen molar-refractivity contribution in [2.24, 2.45) is 5.92 Å². The van der Waals surface area contributed by atoms with Gasteiger partial charge in [0.05, 0.1) is 5.60 Å². The normalized spacial score (nSPS) is 13.4. The van der Waals surface area contributed by atoms with Crippen LogP contribution in [0.2, 0.25) is 0 Å². The van der Waals surface area contributed by atoms with Gasteiger partial charge >= 0.3 is 0 Å². The molecule has 0 radical (unpaired) electrons. The summed E-state index contributed by atoms with van der Waals surface area (Å²) in [5.74, 6) is 0.787. The van der Waals surface area contributed by atoms with Crippen LogP contribution in [0.3, 0.4) is 0 Å². The van der Waals surface area contributed by atoms with E-state index in [4.69, 9.17) is 0 Å². The summed E-state index contributed by atoms with van der Waals surface area (Å²) in [4.78, 5) is 11.8. The number of hydrogen-bond donors (Lipinski definition) is 1. The van der Waals surface area contributed by atoms with Gasteiger partial charge in [0, 0.05) is 6.42 Å². The number of benzene rings is 1. The minimum Gasteiger partial charge on any atom is -0.390 e. The number of hydrogen-bond acceptors (Lipinski definition) is 2. The van der Waals surface area contributed by atoms with Crippen LogP contribution in [-0.2, 0) is 11.2 Å². The molecule has 0 spiro atoms. The summed E-state index contributed by atoms with van der Waals surface area (Å²) in [7, 11) is 0. The topological polar surface area (TPSA) is 37.3 Å². The van der Waals surface area contributed by atoms with Crippen LogP contribution in [0.1, 0.15) is 64.9 Å². The quantitative estimate of drug-likeness (QED) is 0.577. The second kappa shape index (κ2) is 10.4. The zero-order valence-corrected chi connectivity index (χ0v) is 14.9. The van der Waals surface area contributed by atoms with Gasteiger partial charge in [-0.3, -0.25) is 4.79 Å². The molecule has 2 heteroatoms. The second-order valence-electron chi connectivity index (χ2n) is 7.25. The van der Waals surface area contributed by atoms with Gasteiger partial charge in [0.15, 0.2) is 5.78 Å². The molecule has 128 valence electrons. The first-order valence-electron chi connectivity index (χ1n) is 8.82. The molecule has 23 heavy (non-hydrogen) atoms. The molecule has 0 amide bonds. The molecule has 1 aromatic carbocycles. The van der Waals surface area contributed by atoms with E-state index in [2.05, 4.69) is 19.1 Å². The summed E-state index contributed by atoms with van der Waals surface area (Å²) in [5, 5.41) is 9.69. The Bertz CT molecular complexity index is 468. The van der Waals surface area contributed by atoms with Gasteiger partial charge in [-0.2, -0.15) is 0 Å². The largest absolute Gasteiger partial charge is 0.390 e. The van der Waals surface area contributed by atoms with Crippen LogP contribution in [0, 0.1) is 5.92 Å². The minimum absolute atomic E-state index is 0.227. The lowest BCUT2D eigenvalue weighted by molar-refractivity contribution is -0.114. The predicted molar refractivity (Wildman–Crippen MR) is 97.5 cm³/mol. The van der Waals surface area contributed by atoms with Gasteiger partial charge in [0.25, 0.3) is 0 Å². The third-order valence-corrected chi connectivity index (χ3v) is 4.06. The van der Waals surface area contributed by atoms with Gasteiger partial charge in [-0.1, -0.05) is 56.2 Å². The fourth-order valence-electron chi connectivity index (χ4n) is 2.63. The fourth-order valence-corrected chi connectivity index (χ4v) is 2.63. The van der Waals surface area contributed by atoms with Gasteiger partial charge in [-0.15, -0.1) is 0 Å². The summed E-state index contributed by atoms with van der Waals surface area (Å²) < 4.78 is 0. The molecular weight excluding hydrogens is 284 g/mol. The van der Waals surface area contributed by atoms with Crippen molar-refractivity contribution in [3.63, 3.8) is 0 Å². The zero-order chi connectivity index (χ0) is 17.1. The summed E-state index contributed by atoms with van der Waals surface area (Å²) in [6.45, 7) is 5.91. The van der Waals surface area contributed by atoms with E-state index in [0.29, 0.717) is 12.3 Å². The van der Waals surface area contributed by atoms with Gasteiger partial charge < -0.3 is 5.11 Å². The first-order chi connectivity index (χ1) is 10.9. The minimum atomic E-state index is -0.565. The first kappa shape index (κ1) is 19.6. The Morgan fingerprint density at radius 3 is 2.57 bits per heavy atom. The van der Waals surface area contributed by atoms with E-state index in [1.807, 2.05) is 38.1 Å². The lowest BCUT2D eigenvalue weighted by Crippen LogP contribution is -2.18. The highest BCUT2D eigenvalue weighted by Gasteiger charge is 2.12. The second-order valence-corrected chi connectivity index (χ2v) is 7.25. The summed E-state index contributed by atoms with van der Waals surface area (Å²) in [6.07, 6.45) is 10.2. The lowest BCUT2D eigenvalue weighted by Gasteiger charge is -2.17. The van der Waals surface area contributed by atoms with E-state index in [1.165, 1.54) is 5.56 Å². The summed E-state index contributed by atoms with van der Waals surface area (Å²) in [5.41, 5.74) is 0.731. The zero-order valence-electron chi connectivity index (χ0n) is 14.9. The number of aryl methyl sites for hydroxylation is 1. The first-order valence-corrected chi connectivity index (χ1v) is 8.82. The number of rotatable bonds is 11. The number of ketones is 1. The number of carbonyl (C=O) groups excluding carboxylic acids is 1. The maximum atomic E-state index is 11.8. The Hall–Kier alpha value is -1.41. The Labute approximate surface area is 141 Å². The molecule has 0 saturated heterocycles. The van der Waals surface area contributed by atoms with E-state index < -0.39 is 5.60 Å². The van der Waals surface area contributed by atoms with Gasteiger partial charge in [0.2, 0.25) is 0 Å². The molecule has 0 aliphatic rings. The monoisotopic (exact) mass is 316 g/mol. The Morgan fingerprint density at radius 2 is 1.91 bits per heavy atom. The maximum absolute atomic E-state index is 11.8. The highest BCUT2D eigenvalue weighted by molar-refractivity contribution is 5.89. The molecule has 0 aromatic heterocycles. The van der Waals surface area contributed by atoms with Crippen LogP contribution in [0.4, 0.5) is 0 Å². The molecule has 0 aliphatic heterocycles. The smallest absolute Gasteiger partial charge is 0.155 e. The van der Waals surface area contributed by atoms with E-state index in [-0.39, 0.29) is 5.78 Å². The van der Waals surface area contributed by atoms with Crippen LogP contribution in [0.15, 0.2) is 42.5 Å². The Morgan fingerprint density at radius 1 is 1.22 bits per heavy atom. The highest BCUT2D eigenvalue weighted by Crippen LogP contribution is 2.18. The van der Waals surface area contributed by atoms with E-state index in [0.717, 1.165) is 38.5 Å². The average molecular weight is 316 g/mol. The molecule has 1 aromatic rings. The molecule has 2 nitrogen and oxygen atoms in total. The Kier molecular flexibility index (Phi) is 8.86. The van der Waals surface area contributed by atoms with Gasteiger partial charge in [-0.25, -0.2) is 0 Å². The molecule has 1 atom stereocenters. The van der Waals surface area contributed by atoms with E-state index in [1.54, 1.807) is 6.08 Å². The molecule has 0 bridgehead atoms.